The molecule has 12 rings (SSSR count). The highest BCUT2D eigenvalue weighted by atomic mass is 16.5. The van der Waals surface area contributed by atoms with Gasteiger partial charge in [-0.2, -0.15) is 9.97 Å². The number of anilines is 4. The second-order valence-electron chi connectivity index (χ2n) is 30.2. The van der Waals surface area contributed by atoms with Gasteiger partial charge in [0.2, 0.25) is 29.6 Å². The van der Waals surface area contributed by atoms with Crippen LogP contribution in [-0.4, -0.2) is 219 Å². The minimum Gasteiger partial charge on any atom is -0.465 e. The van der Waals surface area contributed by atoms with E-state index in [1.165, 1.54) is 68.9 Å². The van der Waals surface area contributed by atoms with E-state index >= 15 is 0 Å². The number of aryl methyl sites for hydroxylation is 2. The number of amides is 3. The van der Waals surface area contributed by atoms with Crippen molar-refractivity contribution in [3.63, 3.8) is 0 Å². The van der Waals surface area contributed by atoms with E-state index < -0.39 is 24.0 Å². The van der Waals surface area contributed by atoms with E-state index in [0.717, 1.165) is 166 Å². The van der Waals surface area contributed by atoms with Crippen molar-refractivity contribution in [3.8, 4) is 0 Å². The zero-order valence-corrected chi connectivity index (χ0v) is 66.4. The second kappa shape index (κ2) is 46.4. The van der Waals surface area contributed by atoms with Crippen molar-refractivity contribution in [2.75, 3.05) is 99.9 Å². The Morgan fingerprint density at radius 1 is 0.491 bits per heavy atom. The first kappa shape index (κ1) is 85.0. The number of piperidine rings is 2. The van der Waals surface area contributed by atoms with Gasteiger partial charge >= 0.3 is 11.9 Å². The molecule has 3 aromatic carbocycles. The van der Waals surface area contributed by atoms with Gasteiger partial charge in [0.25, 0.3) is 0 Å². The van der Waals surface area contributed by atoms with E-state index in [2.05, 4.69) is 78.8 Å². The highest BCUT2D eigenvalue weighted by Gasteiger charge is 2.28. The summed E-state index contributed by atoms with van der Waals surface area (Å²) in [5, 5.41) is 58.3. The van der Waals surface area contributed by atoms with Crippen molar-refractivity contribution < 1.29 is 33.4 Å². The number of carbonyl (C=O) groups excluding carboxylic acids is 5. The van der Waals surface area contributed by atoms with Gasteiger partial charge in [-0.1, -0.05) is 109 Å². The number of hydrogen-bond donors (Lipinski definition) is 11. The molecule has 0 unspecified atom stereocenters. The number of benzene rings is 3. The predicted molar refractivity (Wildman–Crippen MR) is 438 cm³/mol. The van der Waals surface area contributed by atoms with Crippen LogP contribution in [0.4, 0.5) is 23.5 Å². The Labute approximate surface area is 668 Å². The third-order valence-electron chi connectivity index (χ3n) is 21.3. The number of hydrogen-bond acceptors (Lipinski definition) is 27. The number of nitrogens with zero attached hydrogens (tertiary/aromatic N) is 15. The standard InChI is InChI=1S/C41H59N11O3.C40H61N15O4/c42-36(40(54)55-30-31-11-3-1-4-12-31)17-18-38(53)51-27-20-33(21-28-51)46-39-35-15-7-8-16-37(35)47-41(48-39)45-25-19-34-29-52(50-49-34)26-10-23-43-22-9-24-44-32-13-5-2-6-14-32;1-2-59-37(57)28-55-27-31(50-52-55)24-44-39(58)34(41)14-15-36(56)53-22-16-30(17-23-53)46-38-33-12-6-7-13-35(33)47-40(48-38)45-25-32-26-54(51-49-32)21-9-19-42-18-8-20-43-29-10-4-3-5-11-29/h1,3-4,7-8,11-12,15-16,29,32-33,36,43-44H,2,5-6,9-10,13-14,17-28,30,42H2,(H2,45,46,47,48);6-7,12-13,26-27,29-30,34,42-43H,2-5,8-11,14-25,28,41H2,1H3,(H,44,58)(H2,45,46,47,48)/t36-;34-/m00/s1. The van der Waals surface area contributed by atoms with Crippen molar-refractivity contribution in [3.05, 3.63) is 120 Å². The lowest BCUT2D eigenvalue weighted by Gasteiger charge is -2.33. The lowest BCUT2D eigenvalue weighted by atomic mass is 9.95. The van der Waals surface area contributed by atoms with Gasteiger partial charge in [0, 0.05) is 106 Å². The molecule has 13 N–H and O–H groups in total. The van der Waals surface area contributed by atoms with Gasteiger partial charge in [0.05, 0.1) is 54.9 Å². The Kier molecular flexibility index (Phi) is 34.6. The number of rotatable bonds is 44. The molecular weight excluding hydrogens is 1450 g/mol. The zero-order chi connectivity index (χ0) is 79.3. The highest BCUT2D eigenvalue weighted by Crippen LogP contribution is 2.28. The fraction of sp³-hybridized carbons (Fsp3) is 0.593. The van der Waals surface area contributed by atoms with E-state index in [9.17, 15) is 24.0 Å². The third kappa shape index (κ3) is 28.6. The Bertz CT molecular complexity index is 4210. The van der Waals surface area contributed by atoms with Gasteiger partial charge in [-0.05, 0) is 166 Å². The summed E-state index contributed by atoms with van der Waals surface area (Å²) in [5.41, 5.74) is 17.0. The van der Waals surface area contributed by atoms with Crippen LogP contribution in [0.2, 0.25) is 0 Å². The number of esters is 2. The maximum absolute atomic E-state index is 13.1. The maximum Gasteiger partial charge on any atom is 0.327 e. The molecule has 2 aliphatic carbocycles. The molecule has 2 saturated heterocycles. The minimum atomic E-state index is -0.853. The first-order valence-electron chi connectivity index (χ1n) is 41.6. The molecule has 114 heavy (non-hydrogen) atoms. The quantitative estimate of drug-likeness (QED) is 0.0143. The number of nitrogens with two attached hydrogens (primary N) is 2. The Balaban J connectivity index is 0.000000225. The van der Waals surface area contributed by atoms with Crippen LogP contribution in [0.15, 0.2) is 97.5 Å². The van der Waals surface area contributed by atoms with Crippen molar-refractivity contribution in [2.45, 2.75) is 230 Å². The van der Waals surface area contributed by atoms with Crippen LogP contribution in [0.3, 0.4) is 0 Å². The summed E-state index contributed by atoms with van der Waals surface area (Å²) in [6, 6.07) is 25.4. The summed E-state index contributed by atoms with van der Waals surface area (Å²) < 4.78 is 15.4. The maximum atomic E-state index is 13.1. The van der Waals surface area contributed by atoms with Gasteiger partial charge in [-0.3, -0.25) is 33.3 Å². The van der Waals surface area contributed by atoms with Gasteiger partial charge in [0.15, 0.2) is 0 Å². The van der Waals surface area contributed by atoms with Gasteiger partial charge in [-0.25, -0.2) is 14.6 Å². The van der Waals surface area contributed by atoms with E-state index in [-0.39, 0.29) is 81.8 Å². The average molecular weight is 1570 g/mol. The first-order valence-corrected chi connectivity index (χ1v) is 41.6. The van der Waals surface area contributed by atoms with E-state index in [4.69, 9.17) is 40.9 Å². The molecule has 4 fully saturated rings. The van der Waals surface area contributed by atoms with Crippen LogP contribution >= 0.6 is 0 Å². The van der Waals surface area contributed by atoms with Crippen molar-refractivity contribution in [2.24, 2.45) is 11.5 Å². The van der Waals surface area contributed by atoms with Gasteiger partial charge in [-0.15, -0.1) is 15.3 Å². The fourth-order valence-electron chi connectivity index (χ4n) is 14.8. The predicted octanol–water partition coefficient (Wildman–Crippen LogP) is 6.53. The van der Waals surface area contributed by atoms with Gasteiger partial charge in [0.1, 0.15) is 42.2 Å². The van der Waals surface area contributed by atoms with Crippen molar-refractivity contribution >= 4 is 75.0 Å². The molecule has 5 aromatic heterocycles. The smallest absolute Gasteiger partial charge is 0.327 e. The van der Waals surface area contributed by atoms with Crippen LogP contribution in [0.1, 0.15) is 171 Å². The number of likely N-dealkylation sites (tertiary alicyclic amines) is 2. The molecule has 2 saturated carbocycles. The van der Waals surface area contributed by atoms with Crippen LogP contribution in [0.5, 0.6) is 0 Å². The van der Waals surface area contributed by atoms with E-state index in [1.807, 2.05) is 110 Å². The summed E-state index contributed by atoms with van der Waals surface area (Å²) in [4.78, 5) is 85.6. The molecule has 7 heterocycles. The van der Waals surface area contributed by atoms with E-state index in [1.54, 1.807) is 13.1 Å². The number of ether oxygens (including phenoxy) is 2. The summed E-state index contributed by atoms with van der Waals surface area (Å²) in [7, 11) is 0. The summed E-state index contributed by atoms with van der Waals surface area (Å²) in [6.07, 6.45) is 28.0. The molecule has 33 heteroatoms. The number of carbonyl (C=O) groups is 5. The fourth-order valence-corrected chi connectivity index (χ4v) is 14.8. The van der Waals surface area contributed by atoms with Crippen LogP contribution in [0.25, 0.3) is 21.8 Å². The zero-order valence-electron chi connectivity index (χ0n) is 66.4. The summed E-state index contributed by atoms with van der Waals surface area (Å²) in [6.45, 7) is 13.5. The highest BCUT2D eigenvalue weighted by molar-refractivity contribution is 5.91. The van der Waals surface area contributed by atoms with Gasteiger partial charge < -0.3 is 78.6 Å². The van der Waals surface area contributed by atoms with Crippen molar-refractivity contribution in [1.82, 2.24) is 101 Å². The molecular formula is C81H120N26O7. The SMILES string of the molecule is CCOC(=O)Cn1cc(CNC(=O)[C@@H](N)CCC(=O)N2CCC(Nc3nc(NCc4cn(CCCNCCCNC5CCCCC5)nn4)nc4ccccc34)CC2)nn1.N[C@@H](CCC(=O)N1CCC(Nc2nc(NCCc3cn(CCCNCCCNC4CCCCC4)nn3)nc3ccccc23)CC1)C(=O)OCc1ccccc1. The molecule has 8 aromatic rings. The largest absolute Gasteiger partial charge is 0.465 e. The Morgan fingerprint density at radius 3 is 1.54 bits per heavy atom. The molecule has 2 atom stereocenters. The molecule has 3 amide bonds. The Hall–Kier alpha value is -9.93. The minimum absolute atomic E-state index is 0.00383. The number of aromatic nitrogens is 13. The molecule has 33 nitrogen and oxygen atoms in total. The number of fused-ring (bicyclic) bond motifs is 2. The van der Waals surface area contributed by atoms with Crippen LogP contribution < -0.4 is 59.3 Å². The lowest BCUT2D eigenvalue weighted by Crippen LogP contribution is -2.44. The van der Waals surface area contributed by atoms with E-state index in [0.29, 0.717) is 63.3 Å². The topological polar surface area (TPSA) is 414 Å². The lowest BCUT2D eigenvalue weighted by molar-refractivity contribution is -0.147. The molecule has 0 spiro atoms. The second-order valence-corrected chi connectivity index (χ2v) is 30.2. The number of para-hydroxylation sites is 2. The summed E-state index contributed by atoms with van der Waals surface area (Å²) in [5.74, 6) is 1.23. The third-order valence-corrected chi connectivity index (χ3v) is 21.3. The molecule has 2 aliphatic heterocycles. The first-order chi connectivity index (χ1) is 55.8. The van der Waals surface area contributed by atoms with Crippen molar-refractivity contribution in [1.29, 1.82) is 0 Å². The van der Waals surface area contributed by atoms with Crippen LogP contribution in [-0.2, 0) is 79.2 Å². The number of nitrogens with one attached hydrogen (secondary N) is 9. The summed E-state index contributed by atoms with van der Waals surface area (Å²) >= 11 is 0. The molecule has 0 bridgehead atoms. The molecule has 0 radical (unpaired) electrons. The molecule has 4 aliphatic rings. The Morgan fingerprint density at radius 2 is 0.974 bits per heavy atom. The van der Waals surface area contributed by atoms with Crippen LogP contribution in [0, 0.1) is 0 Å². The monoisotopic (exact) mass is 1570 g/mol. The average Bonchev–Trinajstić information content (AvgIpc) is 1.07. The molecule has 616 valence electrons. The normalized spacial score (nSPS) is 15.7.